The Bertz CT molecular complexity index is 976. The van der Waals surface area contributed by atoms with Gasteiger partial charge in [0.05, 0.1) is 12.8 Å². The van der Waals surface area contributed by atoms with Gasteiger partial charge < -0.3 is 10.1 Å². The zero-order valence-corrected chi connectivity index (χ0v) is 17.5. The van der Waals surface area contributed by atoms with E-state index in [1.165, 1.54) is 9.71 Å². The number of aryl methyl sites for hydroxylation is 1. The highest BCUT2D eigenvalue weighted by molar-refractivity contribution is 7.92. The van der Waals surface area contributed by atoms with Crippen molar-refractivity contribution in [1.29, 1.82) is 0 Å². The third kappa shape index (κ3) is 5.46. The molecule has 1 aliphatic heterocycles. The number of ether oxygens (including phenoxy) is 1. The number of anilines is 1. The van der Waals surface area contributed by atoms with Crippen LogP contribution in [-0.4, -0.2) is 38.8 Å². The van der Waals surface area contributed by atoms with Crippen LogP contribution in [0.5, 0.6) is 5.75 Å². The summed E-state index contributed by atoms with van der Waals surface area (Å²) in [5.74, 6) is 0.260. The number of piperidine rings is 1. The minimum atomic E-state index is -3.51. The van der Waals surface area contributed by atoms with E-state index in [1.54, 1.807) is 25.3 Å². The molecule has 1 aliphatic rings. The molecule has 154 valence electrons. The number of carbonyl (C=O) groups excluding carboxylic acids is 1. The zero-order chi connectivity index (χ0) is 20.9. The first-order valence-corrected chi connectivity index (χ1v) is 11.1. The number of amides is 1. The number of carbonyl (C=O) groups is 1. The lowest BCUT2D eigenvalue weighted by atomic mass is 9.97. The molecule has 6 nitrogen and oxygen atoms in total. The van der Waals surface area contributed by atoms with Crippen LogP contribution in [0, 0.1) is 12.8 Å². The van der Waals surface area contributed by atoms with Crippen LogP contribution >= 0.6 is 0 Å². The van der Waals surface area contributed by atoms with Gasteiger partial charge in [0.2, 0.25) is 15.9 Å². The number of nitrogens with one attached hydrogen (secondary N) is 1. The monoisotopic (exact) mass is 414 g/mol. The average Bonchev–Trinajstić information content (AvgIpc) is 2.74. The first-order valence-electron chi connectivity index (χ1n) is 9.58. The largest absolute Gasteiger partial charge is 0.495 e. The van der Waals surface area contributed by atoms with Gasteiger partial charge in [0, 0.05) is 24.4 Å². The molecule has 29 heavy (non-hydrogen) atoms. The fourth-order valence-corrected chi connectivity index (χ4v) is 4.50. The highest BCUT2D eigenvalue weighted by atomic mass is 32.2. The van der Waals surface area contributed by atoms with Gasteiger partial charge in [-0.1, -0.05) is 42.0 Å². The number of rotatable bonds is 6. The van der Waals surface area contributed by atoms with Gasteiger partial charge in [-0.2, -0.15) is 4.31 Å². The lowest BCUT2D eigenvalue weighted by Crippen LogP contribution is -2.40. The highest BCUT2D eigenvalue weighted by Gasteiger charge is 2.30. The van der Waals surface area contributed by atoms with Crippen LogP contribution < -0.4 is 10.1 Å². The SMILES string of the molecule is COc1ccccc1NC(=O)C1CCN(S(=O)(=O)/C=C/c2ccc(C)cc2)CC1. The second-order valence-corrected chi connectivity index (χ2v) is 8.94. The molecule has 3 rings (SSSR count). The second kappa shape index (κ2) is 9.24. The van der Waals surface area contributed by atoms with Crippen molar-refractivity contribution in [2.75, 3.05) is 25.5 Å². The van der Waals surface area contributed by atoms with E-state index in [9.17, 15) is 13.2 Å². The number of benzene rings is 2. The molecule has 7 heteroatoms. The van der Waals surface area contributed by atoms with Gasteiger partial charge >= 0.3 is 0 Å². The summed E-state index contributed by atoms with van der Waals surface area (Å²) in [7, 11) is -1.96. The lowest BCUT2D eigenvalue weighted by Gasteiger charge is -2.29. The van der Waals surface area contributed by atoms with E-state index in [4.69, 9.17) is 4.74 Å². The minimum Gasteiger partial charge on any atom is -0.495 e. The third-order valence-corrected chi connectivity index (χ3v) is 6.62. The molecule has 0 aromatic heterocycles. The van der Waals surface area contributed by atoms with E-state index in [2.05, 4.69) is 5.32 Å². The van der Waals surface area contributed by atoms with Crippen LogP contribution in [0.15, 0.2) is 53.9 Å². The molecule has 1 N–H and O–H groups in total. The first kappa shape index (κ1) is 21.1. The lowest BCUT2D eigenvalue weighted by molar-refractivity contribution is -0.120. The molecule has 0 atom stereocenters. The van der Waals surface area contributed by atoms with Crippen molar-refractivity contribution in [3.63, 3.8) is 0 Å². The Morgan fingerprint density at radius 2 is 1.76 bits per heavy atom. The fraction of sp³-hybridized carbons (Fsp3) is 0.318. The molecule has 0 saturated carbocycles. The van der Waals surface area contributed by atoms with Gasteiger partial charge in [0.1, 0.15) is 5.75 Å². The predicted molar refractivity (Wildman–Crippen MR) is 115 cm³/mol. The average molecular weight is 415 g/mol. The van der Waals surface area contributed by atoms with Crippen molar-refractivity contribution in [2.24, 2.45) is 5.92 Å². The molecule has 2 aromatic rings. The molecule has 1 fully saturated rings. The van der Waals surface area contributed by atoms with Gasteiger partial charge in [-0.05, 0) is 43.5 Å². The van der Waals surface area contributed by atoms with Crippen molar-refractivity contribution in [3.05, 3.63) is 65.1 Å². The number of hydrogen-bond donors (Lipinski definition) is 1. The van der Waals surface area contributed by atoms with Crippen molar-refractivity contribution in [1.82, 2.24) is 4.31 Å². The molecule has 0 spiro atoms. The molecule has 1 saturated heterocycles. The summed E-state index contributed by atoms with van der Waals surface area (Å²) in [5.41, 5.74) is 2.58. The molecule has 1 heterocycles. The van der Waals surface area contributed by atoms with E-state index in [0.717, 1.165) is 11.1 Å². The van der Waals surface area contributed by atoms with Gasteiger partial charge in [0.15, 0.2) is 0 Å². The maximum atomic E-state index is 12.6. The van der Waals surface area contributed by atoms with Gasteiger partial charge in [-0.25, -0.2) is 8.42 Å². The van der Waals surface area contributed by atoms with Crippen LogP contribution in [0.25, 0.3) is 6.08 Å². The summed E-state index contributed by atoms with van der Waals surface area (Å²) >= 11 is 0. The molecule has 2 aromatic carbocycles. The Hall–Kier alpha value is -2.64. The number of para-hydroxylation sites is 2. The molecule has 0 aliphatic carbocycles. The Kier molecular flexibility index (Phi) is 6.71. The maximum Gasteiger partial charge on any atom is 0.236 e. The number of nitrogens with zero attached hydrogens (tertiary/aromatic N) is 1. The van der Waals surface area contributed by atoms with Crippen molar-refractivity contribution >= 4 is 27.7 Å². The Balaban J connectivity index is 1.57. The van der Waals surface area contributed by atoms with Crippen molar-refractivity contribution in [3.8, 4) is 5.75 Å². The molecule has 0 bridgehead atoms. The molecular formula is C22H26N2O4S. The first-order chi connectivity index (χ1) is 13.9. The van der Waals surface area contributed by atoms with E-state index in [-0.39, 0.29) is 11.8 Å². The summed E-state index contributed by atoms with van der Waals surface area (Å²) < 4.78 is 31.9. The number of methoxy groups -OCH3 is 1. The summed E-state index contributed by atoms with van der Waals surface area (Å²) in [6.45, 7) is 2.63. The van der Waals surface area contributed by atoms with Gasteiger partial charge in [-0.15, -0.1) is 0 Å². The minimum absolute atomic E-state index is 0.109. The van der Waals surface area contributed by atoms with Gasteiger partial charge in [0.25, 0.3) is 0 Å². The van der Waals surface area contributed by atoms with Crippen LogP contribution in [0.1, 0.15) is 24.0 Å². The van der Waals surface area contributed by atoms with Gasteiger partial charge in [-0.3, -0.25) is 4.79 Å². The Labute approximate surface area is 172 Å². The van der Waals surface area contributed by atoms with E-state index >= 15 is 0 Å². The van der Waals surface area contributed by atoms with E-state index < -0.39 is 10.0 Å². The zero-order valence-electron chi connectivity index (χ0n) is 16.7. The third-order valence-electron chi connectivity index (χ3n) is 5.06. The number of sulfonamides is 1. The molecule has 0 radical (unpaired) electrons. The predicted octanol–water partition coefficient (Wildman–Crippen LogP) is 3.65. The highest BCUT2D eigenvalue weighted by Crippen LogP contribution is 2.26. The van der Waals surface area contributed by atoms with E-state index in [0.29, 0.717) is 37.4 Å². The smallest absolute Gasteiger partial charge is 0.236 e. The van der Waals surface area contributed by atoms with Crippen LogP contribution in [0.4, 0.5) is 5.69 Å². The standard InChI is InChI=1S/C22H26N2O4S/c1-17-7-9-18(10-8-17)13-16-29(26,27)24-14-11-19(12-15-24)22(25)23-20-5-3-4-6-21(20)28-2/h3-10,13,16,19H,11-12,14-15H2,1-2H3,(H,23,25)/b16-13+. The molecular weight excluding hydrogens is 388 g/mol. The Morgan fingerprint density at radius 1 is 1.10 bits per heavy atom. The fourth-order valence-electron chi connectivity index (χ4n) is 3.28. The maximum absolute atomic E-state index is 12.6. The van der Waals surface area contributed by atoms with Crippen LogP contribution in [0.2, 0.25) is 0 Å². The quantitative estimate of drug-likeness (QED) is 0.783. The van der Waals surface area contributed by atoms with Crippen molar-refractivity contribution in [2.45, 2.75) is 19.8 Å². The summed E-state index contributed by atoms with van der Waals surface area (Å²) in [4.78, 5) is 12.6. The van der Waals surface area contributed by atoms with Crippen LogP contribution in [0.3, 0.4) is 0 Å². The summed E-state index contributed by atoms with van der Waals surface area (Å²) in [6.07, 6.45) is 2.58. The normalized spacial score (nSPS) is 16.1. The second-order valence-electron chi connectivity index (χ2n) is 7.12. The van der Waals surface area contributed by atoms with Crippen molar-refractivity contribution < 1.29 is 17.9 Å². The summed E-state index contributed by atoms with van der Waals surface area (Å²) in [5, 5.41) is 4.13. The van der Waals surface area contributed by atoms with Crippen LogP contribution in [-0.2, 0) is 14.8 Å². The summed E-state index contributed by atoms with van der Waals surface area (Å²) in [6, 6.07) is 14.9. The molecule has 1 amide bonds. The topological polar surface area (TPSA) is 75.7 Å². The molecule has 0 unspecified atom stereocenters. The van der Waals surface area contributed by atoms with E-state index in [1.807, 2.05) is 43.3 Å². The Morgan fingerprint density at radius 3 is 2.41 bits per heavy atom. The number of hydrogen-bond acceptors (Lipinski definition) is 4.